The van der Waals surface area contributed by atoms with Gasteiger partial charge in [-0.2, -0.15) is 4.37 Å². The van der Waals surface area contributed by atoms with Crippen LogP contribution in [0, 0.1) is 10.1 Å². The van der Waals surface area contributed by atoms with Gasteiger partial charge in [-0.05, 0) is 23.3 Å². The van der Waals surface area contributed by atoms with E-state index >= 15 is 0 Å². The number of hydrogen-bond acceptors (Lipinski definition) is 9. The molecule has 2 aromatic rings. The molecule has 0 atom stereocenters. The molecule has 0 saturated heterocycles. The first-order chi connectivity index (χ1) is 9.11. The lowest BCUT2D eigenvalue weighted by molar-refractivity contribution is -0.385. The smallest absolute Gasteiger partial charge is 0.288 e. The van der Waals surface area contributed by atoms with Gasteiger partial charge >= 0.3 is 0 Å². The fraction of sp³-hybridized carbons (Fsp3) is 0. The van der Waals surface area contributed by atoms with Gasteiger partial charge in [-0.15, -0.1) is 0 Å². The van der Waals surface area contributed by atoms with Gasteiger partial charge in [0, 0.05) is 6.07 Å². The topological polar surface area (TPSA) is 140 Å². The number of pyridine rings is 1. The van der Waals surface area contributed by atoms with Crippen molar-refractivity contribution in [3.8, 4) is 0 Å². The first kappa shape index (κ1) is 13.2. The van der Waals surface area contributed by atoms with Crippen LogP contribution in [0.3, 0.4) is 0 Å². The molecule has 0 aliphatic carbocycles. The molecule has 11 heteroatoms. The van der Waals surface area contributed by atoms with Crippen LogP contribution >= 0.6 is 23.3 Å². The molecule has 98 valence electrons. The summed E-state index contributed by atoms with van der Waals surface area (Å²) in [4.78, 5) is 18.0. The van der Waals surface area contributed by atoms with Crippen molar-refractivity contribution in [2.45, 2.75) is 9.37 Å². The molecule has 0 radical (unpaired) electrons. The molecule has 0 fully saturated rings. The van der Waals surface area contributed by atoms with Gasteiger partial charge in [-0.3, -0.25) is 10.1 Å². The van der Waals surface area contributed by atoms with E-state index in [1.54, 1.807) is 0 Å². The van der Waals surface area contributed by atoms with E-state index in [4.69, 9.17) is 10.9 Å². The number of nitrogens with zero attached hydrogens (tertiary/aromatic N) is 5. The van der Waals surface area contributed by atoms with Gasteiger partial charge < -0.3 is 10.9 Å². The van der Waals surface area contributed by atoms with Gasteiger partial charge in [0.15, 0.2) is 10.2 Å². The summed E-state index contributed by atoms with van der Waals surface area (Å²) in [5.74, 6) is -0.261. The molecule has 2 aromatic heterocycles. The summed E-state index contributed by atoms with van der Waals surface area (Å²) in [6.07, 6.45) is 2.47. The van der Waals surface area contributed by atoms with E-state index in [-0.39, 0.29) is 17.1 Å². The minimum atomic E-state index is -0.611. The summed E-state index contributed by atoms with van der Waals surface area (Å²) in [7, 11) is 0. The molecule has 9 nitrogen and oxygen atoms in total. The van der Waals surface area contributed by atoms with Crippen LogP contribution in [0.4, 0.5) is 5.69 Å². The normalized spacial score (nSPS) is 11.5. The third kappa shape index (κ3) is 2.95. The Kier molecular flexibility index (Phi) is 3.87. The minimum Gasteiger partial charge on any atom is -0.409 e. The average Bonchev–Trinajstić information content (AvgIpc) is 2.91. The van der Waals surface area contributed by atoms with Crippen molar-refractivity contribution in [1.29, 1.82) is 0 Å². The van der Waals surface area contributed by atoms with Crippen LogP contribution in [0.25, 0.3) is 0 Å². The molecule has 19 heavy (non-hydrogen) atoms. The molecule has 0 saturated carbocycles. The summed E-state index contributed by atoms with van der Waals surface area (Å²) in [6.45, 7) is 0. The molecular weight excluding hydrogens is 292 g/mol. The Bertz CT molecular complexity index is 629. The highest BCUT2D eigenvalue weighted by molar-refractivity contribution is 8.01. The Balaban J connectivity index is 2.44. The summed E-state index contributed by atoms with van der Waals surface area (Å²) in [5, 5.41) is 22.6. The van der Waals surface area contributed by atoms with E-state index in [9.17, 15) is 10.1 Å². The van der Waals surface area contributed by atoms with Gasteiger partial charge in [-0.25, -0.2) is 9.97 Å². The van der Waals surface area contributed by atoms with Gasteiger partial charge in [-0.1, -0.05) is 5.16 Å². The predicted octanol–water partition coefficient (Wildman–Crippen LogP) is 1.09. The van der Waals surface area contributed by atoms with E-state index in [0.717, 1.165) is 29.5 Å². The predicted molar refractivity (Wildman–Crippen MR) is 67.4 cm³/mol. The van der Waals surface area contributed by atoms with Crippen LogP contribution in [0.15, 0.2) is 33.1 Å². The third-order valence-electron chi connectivity index (χ3n) is 1.96. The molecule has 3 N–H and O–H groups in total. The maximum atomic E-state index is 10.7. The van der Waals surface area contributed by atoms with Crippen molar-refractivity contribution < 1.29 is 10.1 Å². The van der Waals surface area contributed by atoms with Crippen molar-refractivity contribution in [3.63, 3.8) is 0 Å². The fourth-order valence-corrected chi connectivity index (χ4v) is 2.59. The lowest BCUT2D eigenvalue weighted by Gasteiger charge is -2.04. The number of amidine groups is 1. The second kappa shape index (κ2) is 5.58. The Morgan fingerprint density at radius 1 is 1.58 bits per heavy atom. The van der Waals surface area contributed by atoms with E-state index in [1.165, 1.54) is 12.4 Å². The van der Waals surface area contributed by atoms with Gasteiger partial charge in [0.25, 0.3) is 5.69 Å². The summed E-state index contributed by atoms with van der Waals surface area (Å²) < 4.78 is 4.41. The Morgan fingerprint density at radius 3 is 2.95 bits per heavy atom. The number of rotatable bonds is 4. The van der Waals surface area contributed by atoms with Crippen molar-refractivity contribution in [1.82, 2.24) is 14.3 Å². The molecule has 2 heterocycles. The minimum absolute atomic E-state index is 0.164. The Morgan fingerprint density at radius 2 is 2.37 bits per heavy atom. The first-order valence-corrected chi connectivity index (χ1v) is 6.27. The van der Waals surface area contributed by atoms with E-state index < -0.39 is 4.92 Å². The maximum absolute atomic E-state index is 10.7. The number of oxime groups is 1. The lowest BCUT2D eigenvalue weighted by Crippen LogP contribution is -2.15. The van der Waals surface area contributed by atoms with Crippen LogP contribution in [-0.2, 0) is 0 Å². The molecule has 0 amide bonds. The molecule has 0 bridgehead atoms. The third-order valence-corrected chi connectivity index (χ3v) is 3.69. The molecule has 0 aromatic carbocycles. The quantitative estimate of drug-likeness (QED) is 0.281. The SMILES string of the molecule is NC(=NO)c1cc([N+](=O)[O-])cnc1Sc1ncns1. The lowest BCUT2D eigenvalue weighted by atomic mass is 10.2. The van der Waals surface area contributed by atoms with Crippen LogP contribution in [0.1, 0.15) is 5.56 Å². The first-order valence-electron chi connectivity index (χ1n) is 4.68. The zero-order chi connectivity index (χ0) is 13.8. The Labute approximate surface area is 114 Å². The van der Waals surface area contributed by atoms with E-state index in [0.29, 0.717) is 9.37 Å². The van der Waals surface area contributed by atoms with E-state index in [1.807, 2.05) is 0 Å². The summed E-state index contributed by atoms with van der Waals surface area (Å²) >= 11 is 2.27. The largest absolute Gasteiger partial charge is 0.409 e. The number of aromatic nitrogens is 3. The molecule has 0 unspecified atom stereocenters. The molecule has 0 aliphatic rings. The standard InChI is InChI=1S/C8H6N6O3S2/c9-6(13-15)5-1-4(14(16)17)2-10-7(5)18-8-11-3-12-19-8/h1-3,15H,(H2,9,13). The fourth-order valence-electron chi connectivity index (χ4n) is 1.15. The summed E-state index contributed by atoms with van der Waals surface area (Å²) in [6, 6.07) is 1.19. The van der Waals surface area contributed by atoms with Crippen LogP contribution in [0.2, 0.25) is 0 Å². The molecule has 0 spiro atoms. The van der Waals surface area contributed by atoms with Crippen molar-refractivity contribution >= 4 is 34.8 Å². The van der Waals surface area contributed by atoms with E-state index in [2.05, 4.69) is 19.5 Å². The van der Waals surface area contributed by atoms with Gasteiger partial charge in [0.1, 0.15) is 17.6 Å². The van der Waals surface area contributed by atoms with Crippen molar-refractivity contribution in [2.24, 2.45) is 10.9 Å². The highest BCUT2D eigenvalue weighted by atomic mass is 32.2. The highest BCUT2D eigenvalue weighted by Gasteiger charge is 2.17. The average molecular weight is 298 g/mol. The number of hydrogen-bond donors (Lipinski definition) is 2. The van der Waals surface area contributed by atoms with Crippen LogP contribution in [0.5, 0.6) is 0 Å². The second-order valence-corrected chi connectivity index (χ2v) is 5.11. The zero-order valence-corrected chi connectivity index (χ0v) is 10.8. The van der Waals surface area contributed by atoms with Crippen molar-refractivity contribution in [2.75, 3.05) is 0 Å². The van der Waals surface area contributed by atoms with Gasteiger partial charge in [0.05, 0.1) is 10.5 Å². The number of nitrogens with two attached hydrogens (primary N) is 1. The summed E-state index contributed by atoms with van der Waals surface area (Å²) in [5.41, 5.74) is 5.40. The maximum Gasteiger partial charge on any atom is 0.288 e. The Hall–Kier alpha value is -2.27. The zero-order valence-electron chi connectivity index (χ0n) is 9.13. The molecule has 0 aliphatic heterocycles. The second-order valence-electron chi connectivity index (χ2n) is 3.10. The molecule has 2 rings (SSSR count). The monoisotopic (exact) mass is 298 g/mol. The molecular formula is C8H6N6O3S2. The van der Waals surface area contributed by atoms with Gasteiger partial charge in [0.2, 0.25) is 0 Å². The van der Waals surface area contributed by atoms with Crippen LogP contribution < -0.4 is 5.73 Å². The van der Waals surface area contributed by atoms with Crippen LogP contribution in [-0.4, -0.2) is 30.3 Å². The highest BCUT2D eigenvalue weighted by Crippen LogP contribution is 2.30. The van der Waals surface area contributed by atoms with Crippen molar-refractivity contribution in [3.05, 3.63) is 34.3 Å². The number of nitro groups is 1.